The van der Waals surface area contributed by atoms with E-state index in [1.807, 2.05) is 0 Å². The van der Waals surface area contributed by atoms with Crippen molar-refractivity contribution in [2.45, 2.75) is 11.8 Å². The largest absolute Gasteiger partial charge is 0.465 e. The Kier molecular flexibility index (Phi) is 4.80. The van der Waals surface area contributed by atoms with E-state index in [-0.39, 0.29) is 16.1 Å². The Labute approximate surface area is 134 Å². The number of hydrogen-bond donors (Lipinski definition) is 1. The van der Waals surface area contributed by atoms with Crippen LogP contribution in [0.3, 0.4) is 0 Å². The molecule has 1 heterocycles. The first kappa shape index (κ1) is 16.7. The molecule has 0 amide bonds. The van der Waals surface area contributed by atoms with Crippen LogP contribution in [0.25, 0.3) is 6.08 Å². The summed E-state index contributed by atoms with van der Waals surface area (Å²) in [5.41, 5.74) is 1.43. The maximum absolute atomic E-state index is 12.5. The fraction of sp³-hybridized carbons (Fsp3) is 0.125. The van der Waals surface area contributed by atoms with E-state index in [4.69, 9.17) is 0 Å². The molecular formula is C16H16N2O4S. The van der Waals surface area contributed by atoms with E-state index in [0.29, 0.717) is 5.69 Å². The highest BCUT2D eigenvalue weighted by Gasteiger charge is 2.18. The number of hydrogen-bond acceptors (Lipinski definition) is 5. The predicted molar refractivity (Wildman–Crippen MR) is 87.7 cm³/mol. The van der Waals surface area contributed by atoms with Crippen LogP contribution in [0.15, 0.2) is 48.0 Å². The highest BCUT2D eigenvalue weighted by molar-refractivity contribution is 7.92. The molecule has 0 atom stereocenters. The van der Waals surface area contributed by atoms with Gasteiger partial charge in [0.15, 0.2) is 0 Å². The highest BCUT2D eigenvalue weighted by atomic mass is 32.2. The number of nitrogens with zero attached hydrogens (tertiary/aromatic N) is 1. The van der Waals surface area contributed by atoms with Crippen LogP contribution in [-0.2, 0) is 14.8 Å². The van der Waals surface area contributed by atoms with Crippen LogP contribution in [-0.4, -0.2) is 26.5 Å². The van der Waals surface area contributed by atoms with Gasteiger partial charge < -0.3 is 4.74 Å². The van der Waals surface area contributed by atoms with Crippen molar-refractivity contribution < 1.29 is 17.9 Å². The zero-order valence-corrected chi connectivity index (χ0v) is 13.6. The molecule has 6 nitrogen and oxygen atoms in total. The number of esters is 1. The molecule has 0 saturated heterocycles. The molecule has 1 aromatic carbocycles. The fourth-order valence-corrected chi connectivity index (χ4v) is 3.11. The molecule has 0 bridgehead atoms. The van der Waals surface area contributed by atoms with Crippen LogP contribution in [0.5, 0.6) is 0 Å². The smallest absolute Gasteiger partial charge is 0.339 e. The van der Waals surface area contributed by atoms with E-state index < -0.39 is 16.0 Å². The Morgan fingerprint density at radius 1 is 1.35 bits per heavy atom. The number of methoxy groups -OCH3 is 1. The summed E-state index contributed by atoms with van der Waals surface area (Å²) in [7, 11) is -2.57. The van der Waals surface area contributed by atoms with Crippen molar-refractivity contribution in [3.63, 3.8) is 0 Å². The van der Waals surface area contributed by atoms with Crippen molar-refractivity contribution in [3.8, 4) is 0 Å². The van der Waals surface area contributed by atoms with E-state index in [0.717, 1.165) is 5.56 Å². The van der Waals surface area contributed by atoms with Crippen LogP contribution < -0.4 is 4.72 Å². The minimum absolute atomic E-state index is 0.121. The van der Waals surface area contributed by atoms with Gasteiger partial charge in [-0.1, -0.05) is 18.7 Å². The Morgan fingerprint density at radius 3 is 2.70 bits per heavy atom. The lowest BCUT2D eigenvalue weighted by Crippen LogP contribution is -2.15. The summed E-state index contributed by atoms with van der Waals surface area (Å²) in [6.45, 7) is 5.39. The molecule has 0 unspecified atom stereocenters. The first-order chi connectivity index (χ1) is 10.9. The summed E-state index contributed by atoms with van der Waals surface area (Å²) in [5.74, 6) is -0.607. The number of carbonyl (C=O) groups excluding carboxylic acids is 1. The Balaban J connectivity index is 2.45. The second kappa shape index (κ2) is 6.62. The molecule has 0 aliphatic rings. The summed E-state index contributed by atoms with van der Waals surface area (Å²) < 4.78 is 32.0. The molecule has 0 radical (unpaired) electrons. The van der Waals surface area contributed by atoms with Gasteiger partial charge in [0.1, 0.15) is 0 Å². The van der Waals surface area contributed by atoms with Gasteiger partial charge >= 0.3 is 5.97 Å². The zero-order chi connectivity index (χ0) is 17.0. The molecule has 2 rings (SSSR count). The fourth-order valence-electron chi connectivity index (χ4n) is 1.94. The minimum Gasteiger partial charge on any atom is -0.465 e. The molecule has 2 aromatic rings. The van der Waals surface area contributed by atoms with Gasteiger partial charge in [0, 0.05) is 6.20 Å². The second-order valence-electron chi connectivity index (χ2n) is 4.77. The first-order valence-electron chi connectivity index (χ1n) is 6.67. The van der Waals surface area contributed by atoms with Crippen LogP contribution in [0.4, 0.5) is 5.69 Å². The maximum Gasteiger partial charge on any atom is 0.339 e. The molecule has 120 valence electrons. The predicted octanol–water partition coefficient (Wildman–Crippen LogP) is 2.62. The standard InChI is InChI=1S/C16H16N2O4S/c1-4-14-15(9-12(10-17-14)16(19)22-3)18-23(20,21)13-7-5-6-11(2)8-13/h4-10,18H,1H2,2-3H3. The molecular weight excluding hydrogens is 316 g/mol. The highest BCUT2D eigenvalue weighted by Crippen LogP contribution is 2.21. The van der Waals surface area contributed by atoms with Crippen molar-refractivity contribution >= 4 is 27.8 Å². The number of benzene rings is 1. The van der Waals surface area contributed by atoms with Crippen molar-refractivity contribution in [2.75, 3.05) is 11.8 Å². The van der Waals surface area contributed by atoms with Crippen LogP contribution in [0.1, 0.15) is 21.6 Å². The van der Waals surface area contributed by atoms with Crippen LogP contribution in [0.2, 0.25) is 0 Å². The summed E-state index contributed by atoms with van der Waals surface area (Å²) >= 11 is 0. The molecule has 1 aromatic heterocycles. The monoisotopic (exact) mass is 332 g/mol. The third-order valence-electron chi connectivity index (χ3n) is 3.08. The molecule has 7 heteroatoms. The molecule has 1 N–H and O–H groups in total. The van der Waals surface area contributed by atoms with Gasteiger partial charge in [0.05, 0.1) is 29.0 Å². The second-order valence-corrected chi connectivity index (χ2v) is 6.46. The molecule has 23 heavy (non-hydrogen) atoms. The van der Waals surface area contributed by atoms with Gasteiger partial charge in [-0.15, -0.1) is 0 Å². The molecule has 0 saturated carbocycles. The van der Waals surface area contributed by atoms with Gasteiger partial charge in [-0.25, -0.2) is 13.2 Å². The van der Waals surface area contributed by atoms with Gasteiger partial charge in [-0.05, 0) is 36.8 Å². The molecule has 0 spiro atoms. The number of pyridine rings is 1. The van der Waals surface area contributed by atoms with Gasteiger partial charge in [-0.2, -0.15) is 0 Å². The van der Waals surface area contributed by atoms with Crippen molar-refractivity contribution in [3.05, 3.63) is 59.9 Å². The summed E-state index contributed by atoms with van der Waals surface area (Å²) in [6, 6.07) is 7.85. The van der Waals surface area contributed by atoms with E-state index in [1.54, 1.807) is 25.1 Å². The van der Waals surface area contributed by atoms with E-state index >= 15 is 0 Å². The topological polar surface area (TPSA) is 85.4 Å². The zero-order valence-electron chi connectivity index (χ0n) is 12.7. The minimum atomic E-state index is -3.81. The Hall–Kier alpha value is -2.67. The van der Waals surface area contributed by atoms with Gasteiger partial charge in [-0.3, -0.25) is 9.71 Å². The molecule has 0 fully saturated rings. The van der Waals surface area contributed by atoms with E-state index in [9.17, 15) is 13.2 Å². The number of anilines is 1. The summed E-state index contributed by atoms with van der Waals surface area (Å²) in [5, 5.41) is 0. The number of nitrogens with one attached hydrogen (secondary N) is 1. The Bertz CT molecular complexity index is 860. The average molecular weight is 332 g/mol. The lowest BCUT2D eigenvalue weighted by atomic mass is 10.2. The van der Waals surface area contributed by atoms with Crippen molar-refractivity contribution in [2.24, 2.45) is 0 Å². The van der Waals surface area contributed by atoms with E-state index in [2.05, 4.69) is 21.0 Å². The van der Waals surface area contributed by atoms with E-state index in [1.165, 1.54) is 31.5 Å². The average Bonchev–Trinajstić information content (AvgIpc) is 2.53. The SMILES string of the molecule is C=Cc1ncc(C(=O)OC)cc1NS(=O)(=O)c1cccc(C)c1. The molecule has 0 aliphatic heterocycles. The first-order valence-corrected chi connectivity index (χ1v) is 8.16. The van der Waals surface area contributed by atoms with Gasteiger partial charge in [0.2, 0.25) is 0 Å². The van der Waals surface area contributed by atoms with Crippen LogP contribution >= 0.6 is 0 Å². The number of ether oxygens (including phenoxy) is 1. The number of rotatable bonds is 5. The lowest BCUT2D eigenvalue weighted by molar-refractivity contribution is 0.0600. The lowest BCUT2D eigenvalue weighted by Gasteiger charge is -2.11. The normalized spacial score (nSPS) is 10.9. The number of aromatic nitrogens is 1. The van der Waals surface area contributed by atoms with Crippen molar-refractivity contribution in [1.82, 2.24) is 4.98 Å². The third-order valence-corrected chi connectivity index (χ3v) is 4.44. The Morgan fingerprint density at radius 2 is 2.09 bits per heavy atom. The maximum atomic E-state index is 12.5. The third kappa shape index (κ3) is 3.75. The van der Waals surface area contributed by atoms with Gasteiger partial charge in [0.25, 0.3) is 10.0 Å². The quantitative estimate of drug-likeness (QED) is 0.851. The summed E-state index contributed by atoms with van der Waals surface area (Å²) in [4.78, 5) is 15.7. The number of aryl methyl sites for hydroxylation is 1. The number of sulfonamides is 1. The molecule has 0 aliphatic carbocycles. The van der Waals surface area contributed by atoms with Crippen molar-refractivity contribution in [1.29, 1.82) is 0 Å². The number of carbonyl (C=O) groups is 1. The van der Waals surface area contributed by atoms with Crippen LogP contribution in [0, 0.1) is 6.92 Å². The summed E-state index contributed by atoms with van der Waals surface area (Å²) in [6.07, 6.45) is 2.70.